The van der Waals surface area contributed by atoms with Crippen molar-refractivity contribution in [2.24, 2.45) is 11.3 Å². The number of carbonyl (C=O) groups is 2. The number of fused-ring (bicyclic) bond motifs is 2. The lowest BCUT2D eigenvalue weighted by molar-refractivity contribution is -0.170. The maximum absolute atomic E-state index is 12.1. The Labute approximate surface area is 154 Å². The van der Waals surface area contributed by atoms with E-state index in [-0.39, 0.29) is 23.4 Å². The molecule has 140 valence electrons. The first-order valence-corrected chi connectivity index (χ1v) is 9.09. The molecule has 0 fully saturated rings. The van der Waals surface area contributed by atoms with Crippen LogP contribution < -0.4 is 0 Å². The molecule has 4 unspecified atom stereocenters. The van der Waals surface area contributed by atoms with Gasteiger partial charge < -0.3 is 14.6 Å². The molecular weight excluding hydrogens is 332 g/mol. The summed E-state index contributed by atoms with van der Waals surface area (Å²) in [5.41, 5.74) is 1.62. The molecule has 0 saturated heterocycles. The SMILES string of the molecule is CC=CCCC(=O)OC1C=CC2=CC3(O)OC(=O)C(C)=C3CC2(C)C1C. The van der Waals surface area contributed by atoms with Gasteiger partial charge in [-0.2, -0.15) is 0 Å². The van der Waals surface area contributed by atoms with E-state index >= 15 is 0 Å². The summed E-state index contributed by atoms with van der Waals surface area (Å²) in [7, 11) is 0. The Bertz CT molecular complexity index is 756. The van der Waals surface area contributed by atoms with E-state index in [1.165, 1.54) is 0 Å². The molecule has 1 N–H and O–H groups in total. The fourth-order valence-electron chi connectivity index (χ4n) is 4.00. The molecule has 0 aromatic heterocycles. The lowest BCUT2D eigenvalue weighted by Crippen LogP contribution is -2.46. The summed E-state index contributed by atoms with van der Waals surface area (Å²) in [6.07, 6.45) is 10.4. The van der Waals surface area contributed by atoms with Gasteiger partial charge in [-0.15, -0.1) is 0 Å². The van der Waals surface area contributed by atoms with Gasteiger partial charge in [0.25, 0.3) is 5.79 Å². The van der Waals surface area contributed by atoms with E-state index in [9.17, 15) is 14.7 Å². The van der Waals surface area contributed by atoms with Crippen LogP contribution in [0.2, 0.25) is 0 Å². The van der Waals surface area contributed by atoms with Crippen LogP contribution in [-0.2, 0) is 19.1 Å². The molecule has 5 heteroatoms. The summed E-state index contributed by atoms with van der Waals surface area (Å²) in [4.78, 5) is 24.0. The molecule has 5 nitrogen and oxygen atoms in total. The molecule has 0 aromatic rings. The van der Waals surface area contributed by atoms with Gasteiger partial charge >= 0.3 is 11.9 Å². The van der Waals surface area contributed by atoms with Crippen LogP contribution in [0.1, 0.15) is 47.0 Å². The van der Waals surface area contributed by atoms with Crippen molar-refractivity contribution in [3.05, 3.63) is 47.1 Å². The monoisotopic (exact) mass is 358 g/mol. The molecule has 0 spiro atoms. The maximum Gasteiger partial charge on any atom is 0.336 e. The highest BCUT2D eigenvalue weighted by Crippen LogP contribution is 2.54. The molecule has 0 saturated carbocycles. The number of allylic oxidation sites excluding steroid dienone is 4. The predicted molar refractivity (Wildman–Crippen MR) is 96.8 cm³/mol. The van der Waals surface area contributed by atoms with E-state index in [0.29, 0.717) is 30.4 Å². The normalized spacial score (nSPS) is 35.9. The van der Waals surface area contributed by atoms with E-state index in [4.69, 9.17) is 9.47 Å². The van der Waals surface area contributed by atoms with Crippen molar-refractivity contribution in [3.63, 3.8) is 0 Å². The largest absolute Gasteiger partial charge is 0.458 e. The molecule has 0 aromatic carbocycles. The standard InChI is InChI=1S/C21H26O5/c1-5-6-7-8-18(22)25-17-10-9-15-11-21(24)16(13(2)19(23)26-21)12-20(15,4)14(17)3/h5-6,9-11,14,17,24H,7-8,12H2,1-4H3. The van der Waals surface area contributed by atoms with Crippen molar-refractivity contribution >= 4 is 11.9 Å². The van der Waals surface area contributed by atoms with E-state index < -0.39 is 11.8 Å². The molecule has 3 aliphatic rings. The summed E-state index contributed by atoms with van der Waals surface area (Å²) >= 11 is 0. The van der Waals surface area contributed by atoms with Gasteiger partial charge in [-0.3, -0.25) is 4.79 Å². The lowest BCUT2D eigenvalue weighted by Gasteiger charge is -2.47. The summed E-state index contributed by atoms with van der Waals surface area (Å²) in [5, 5.41) is 10.7. The molecule has 1 heterocycles. The van der Waals surface area contributed by atoms with Crippen molar-refractivity contribution < 1.29 is 24.2 Å². The number of ether oxygens (including phenoxy) is 2. The van der Waals surface area contributed by atoms with Crippen LogP contribution in [0, 0.1) is 11.3 Å². The number of hydrogen-bond acceptors (Lipinski definition) is 5. The zero-order valence-electron chi connectivity index (χ0n) is 15.7. The second-order valence-corrected chi connectivity index (χ2v) is 7.59. The van der Waals surface area contributed by atoms with Crippen molar-refractivity contribution in [2.45, 2.75) is 58.8 Å². The zero-order valence-corrected chi connectivity index (χ0v) is 15.7. The first kappa shape index (κ1) is 18.6. The van der Waals surface area contributed by atoms with E-state index in [1.54, 1.807) is 13.0 Å². The second-order valence-electron chi connectivity index (χ2n) is 7.59. The minimum absolute atomic E-state index is 0.00460. The number of aliphatic hydroxyl groups is 1. The maximum atomic E-state index is 12.1. The highest BCUT2D eigenvalue weighted by molar-refractivity contribution is 5.92. The summed E-state index contributed by atoms with van der Waals surface area (Å²) in [6.45, 7) is 7.72. The van der Waals surface area contributed by atoms with Gasteiger partial charge in [0.1, 0.15) is 6.10 Å². The van der Waals surface area contributed by atoms with Gasteiger partial charge in [-0.1, -0.05) is 32.1 Å². The molecule has 4 atom stereocenters. The third-order valence-electron chi connectivity index (χ3n) is 5.98. The van der Waals surface area contributed by atoms with Crippen molar-refractivity contribution in [3.8, 4) is 0 Å². The highest BCUT2D eigenvalue weighted by atomic mass is 16.7. The third kappa shape index (κ3) is 2.94. The Morgan fingerprint density at radius 3 is 2.92 bits per heavy atom. The van der Waals surface area contributed by atoms with Crippen LogP contribution in [0.4, 0.5) is 0 Å². The number of carbonyl (C=O) groups excluding carboxylic acids is 2. The summed E-state index contributed by atoms with van der Waals surface area (Å²) in [5.74, 6) is -2.34. The highest BCUT2D eigenvalue weighted by Gasteiger charge is 2.54. The van der Waals surface area contributed by atoms with Crippen LogP contribution in [0.5, 0.6) is 0 Å². The Kier molecular flexibility index (Phi) is 4.69. The van der Waals surface area contributed by atoms with Crippen molar-refractivity contribution in [2.75, 3.05) is 0 Å². The van der Waals surface area contributed by atoms with Crippen molar-refractivity contribution in [1.29, 1.82) is 0 Å². The number of rotatable bonds is 4. The molecule has 0 radical (unpaired) electrons. The summed E-state index contributed by atoms with van der Waals surface area (Å²) < 4.78 is 10.9. The molecular formula is C21H26O5. The quantitative estimate of drug-likeness (QED) is 0.616. The smallest absolute Gasteiger partial charge is 0.336 e. The van der Waals surface area contributed by atoms with Crippen LogP contribution in [0.25, 0.3) is 0 Å². The first-order valence-electron chi connectivity index (χ1n) is 9.09. The van der Waals surface area contributed by atoms with E-state index in [0.717, 1.165) is 5.57 Å². The average molecular weight is 358 g/mol. The van der Waals surface area contributed by atoms with Gasteiger partial charge in [0, 0.05) is 28.9 Å². The van der Waals surface area contributed by atoms with Gasteiger partial charge in [-0.25, -0.2) is 4.79 Å². The van der Waals surface area contributed by atoms with E-state index in [2.05, 4.69) is 6.92 Å². The van der Waals surface area contributed by atoms with Gasteiger partial charge in [0.15, 0.2) is 0 Å². The second kappa shape index (κ2) is 6.54. The van der Waals surface area contributed by atoms with Gasteiger partial charge in [0.05, 0.1) is 0 Å². The van der Waals surface area contributed by atoms with E-state index in [1.807, 2.05) is 38.2 Å². The number of esters is 2. The van der Waals surface area contributed by atoms with Crippen molar-refractivity contribution in [1.82, 2.24) is 0 Å². The minimum Gasteiger partial charge on any atom is -0.458 e. The van der Waals surface area contributed by atoms with Crippen LogP contribution in [0.3, 0.4) is 0 Å². The summed E-state index contributed by atoms with van der Waals surface area (Å²) in [6, 6.07) is 0. The molecule has 1 aliphatic heterocycles. The Morgan fingerprint density at radius 1 is 1.50 bits per heavy atom. The van der Waals surface area contributed by atoms with Crippen LogP contribution >= 0.6 is 0 Å². The number of hydrogen-bond donors (Lipinski definition) is 1. The van der Waals surface area contributed by atoms with Crippen LogP contribution in [0.15, 0.2) is 47.1 Å². The topological polar surface area (TPSA) is 72.8 Å². The fraction of sp³-hybridized carbons (Fsp3) is 0.524. The van der Waals surface area contributed by atoms with Gasteiger partial charge in [-0.05, 0) is 44.4 Å². The zero-order chi connectivity index (χ0) is 19.1. The molecule has 3 rings (SSSR count). The Hall–Kier alpha value is -2.14. The third-order valence-corrected chi connectivity index (χ3v) is 5.98. The van der Waals surface area contributed by atoms with Gasteiger partial charge in [0.2, 0.25) is 0 Å². The fourth-order valence-corrected chi connectivity index (χ4v) is 4.00. The molecule has 0 amide bonds. The first-order chi connectivity index (χ1) is 12.2. The minimum atomic E-state index is -1.64. The molecule has 26 heavy (non-hydrogen) atoms. The molecule has 2 aliphatic carbocycles. The molecule has 0 bridgehead atoms. The Balaban J connectivity index is 1.85. The van der Waals surface area contributed by atoms with Crippen LogP contribution in [-0.4, -0.2) is 28.9 Å². The lowest BCUT2D eigenvalue weighted by atomic mass is 9.60. The Morgan fingerprint density at radius 2 is 2.23 bits per heavy atom. The predicted octanol–water partition coefficient (Wildman–Crippen LogP) is 3.36. The average Bonchev–Trinajstić information content (AvgIpc) is 2.79.